The Labute approximate surface area is 142 Å². The number of hydrogen-bond acceptors (Lipinski definition) is 2. The molecule has 1 N–H and O–H groups in total. The number of benzene rings is 2. The van der Waals surface area contributed by atoms with Gasteiger partial charge in [0.1, 0.15) is 5.75 Å². The van der Waals surface area contributed by atoms with E-state index >= 15 is 0 Å². The van der Waals surface area contributed by atoms with Crippen LogP contribution in [0.5, 0.6) is 5.75 Å². The van der Waals surface area contributed by atoms with Gasteiger partial charge >= 0.3 is 0 Å². The van der Waals surface area contributed by atoms with Gasteiger partial charge in [-0.25, -0.2) is 0 Å². The molecule has 0 fully saturated rings. The van der Waals surface area contributed by atoms with Crippen LogP contribution in [0.3, 0.4) is 0 Å². The summed E-state index contributed by atoms with van der Waals surface area (Å²) in [5, 5.41) is 3.57. The number of rotatable bonds is 7. The molecule has 0 saturated carbocycles. The molecule has 23 heavy (non-hydrogen) atoms. The summed E-state index contributed by atoms with van der Waals surface area (Å²) in [7, 11) is 0. The number of aryl methyl sites for hydroxylation is 2. The predicted octanol–water partition coefficient (Wildman–Crippen LogP) is 4.16. The van der Waals surface area contributed by atoms with Crippen molar-refractivity contribution in [3.63, 3.8) is 0 Å². The van der Waals surface area contributed by atoms with Gasteiger partial charge in [0.05, 0.1) is 0 Å². The maximum absolute atomic E-state index is 12.1. The zero-order valence-electron chi connectivity index (χ0n) is 13.5. The van der Waals surface area contributed by atoms with E-state index in [2.05, 4.69) is 17.4 Å². The first kappa shape index (κ1) is 17.4. The average Bonchev–Trinajstić information content (AvgIpc) is 2.55. The quantitative estimate of drug-likeness (QED) is 0.773. The van der Waals surface area contributed by atoms with Gasteiger partial charge in [0, 0.05) is 11.6 Å². The second-order valence-corrected chi connectivity index (χ2v) is 5.99. The number of amides is 1. The van der Waals surface area contributed by atoms with Crippen LogP contribution in [0.2, 0.25) is 5.02 Å². The molecular weight excluding hydrogens is 310 g/mol. The van der Waals surface area contributed by atoms with E-state index in [1.165, 1.54) is 5.56 Å². The van der Waals surface area contributed by atoms with Crippen LogP contribution in [-0.4, -0.2) is 18.6 Å². The minimum atomic E-state index is -0.536. The highest BCUT2D eigenvalue weighted by Crippen LogP contribution is 2.22. The van der Waals surface area contributed by atoms with Crippen LogP contribution in [0.25, 0.3) is 0 Å². The SMILES string of the molecule is Cc1cc(Cl)ccc1O[C@H](C)C(=O)NCCCc1ccccc1. The highest BCUT2D eigenvalue weighted by atomic mass is 35.5. The maximum Gasteiger partial charge on any atom is 0.260 e. The first-order chi connectivity index (χ1) is 11.1. The lowest BCUT2D eigenvalue weighted by Gasteiger charge is -2.16. The largest absolute Gasteiger partial charge is 0.481 e. The Kier molecular flexibility index (Phi) is 6.48. The molecule has 0 aliphatic carbocycles. The third kappa shape index (κ3) is 5.61. The van der Waals surface area contributed by atoms with Crippen LogP contribution in [-0.2, 0) is 11.2 Å². The summed E-state index contributed by atoms with van der Waals surface area (Å²) in [6.45, 7) is 4.30. The van der Waals surface area contributed by atoms with Gasteiger partial charge < -0.3 is 10.1 Å². The summed E-state index contributed by atoms with van der Waals surface area (Å²) in [6.07, 6.45) is 1.32. The van der Waals surface area contributed by atoms with Gasteiger partial charge in [-0.05, 0) is 56.0 Å². The molecule has 0 aromatic heterocycles. The zero-order chi connectivity index (χ0) is 16.7. The average molecular weight is 332 g/mol. The van der Waals surface area contributed by atoms with E-state index in [-0.39, 0.29) is 5.91 Å². The fourth-order valence-corrected chi connectivity index (χ4v) is 2.51. The highest BCUT2D eigenvalue weighted by molar-refractivity contribution is 6.30. The van der Waals surface area contributed by atoms with Gasteiger partial charge in [-0.3, -0.25) is 4.79 Å². The van der Waals surface area contributed by atoms with Crippen molar-refractivity contribution < 1.29 is 9.53 Å². The summed E-state index contributed by atoms with van der Waals surface area (Å²) >= 11 is 5.92. The van der Waals surface area contributed by atoms with Gasteiger partial charge in [-0.2, -0.15) is 0 Å². The molecule has 3 nitrogen and oxygen atoms in total. The molecule has 2 aromatic rings. The van der Waals surface area contributed by atoms with E-state index in [1.54, 1.807) is 19.1 Å². The van der Waals surface area contributed by atoms with Crippen LogP contribution in [0.1, 0.15) is 24.5 Å². The third-order valence-corrected chi connectivity index (χ3v) is 3.83. The summed E-state index contributed by atoms with van der Waals surface area (Å²) in [5.74, 6) is 0.578. The van der Waals surface area contributed by atoms with Crippen molar-refractivity contribution in [2.45, 2.75) is 32.8 Å². The fraction of sp³-hybridized carbons (Fsp3) is 0.316. The smallest absolute Gasteiger partial charge is 0.260 e. The molecule has 0 spiro atoms. The van der Waals surface area contributed by atoms with Crippen LogP contribution in [0.15, 0.2) is 48.5 Å². The Balaban J connectivity index is 1.74. The number of ether oxygens (including phenoxy) is 1. The molecule has 4 heteroatoms. The van der Waals surface area contributed by atoms with Crippen LogP contribution in [0, 0.1) is 6.92 Å². The first-order valence-electron chi connectivity index (χ1n) is 7.80. The van der Waals surface area contributed by atoms with Gasteiger partial charge in [0.2, 0.25) is 0 Å². The monoisotopic (exact) mass is 331 g/mol. The zero-order valence-corrected chi connectivity index (χ0v) is 14.3. The third-order valence-electron chi connectivity index (χ3n) is 3.59. The standard InChI is InChI=1S/C19H22ClNO2/c1-14-13-17(20)10-11-18(14)23-15(2)19(22)21-12-6-9-16-7-4-3-5-8-16/h3-5,7-8,10-11,13,15H,6,9,12H2,1-2H3,(H,21,22)/t15-/m1/s1. The molecule has 0 saturated heterocycles. The summed E-state index contributed by atoms with van der Waals surface area (Å²) in [4.78, 5) is 12.1. The van der Waals surface area contributed by atoms with E-state index in [4.69, 9.17) is 16.3 Å². The van der Waals surface area contributed by atoms with Gasteiger partial charge in [-0.1, -0.05) is 41.9 Å². The molecule has 0 aliphatic rings. The summed E-state index contributed by atoms with van der Waals surface area (Å²) in [6, 6.07) is 15.6. The van der Waals surface area contributed by atoms with Gasteiger partial charge in [0.25, 0.3) is 5.91 Å². The number of carbonyl (C=O) groups excluding carboxylic acids is 1. The second kappa shape index (κ2) is 8.59. The summed E-state index contributed by atoms with van der Waals surface area (Å²) < 4.78 is 5.71. The Morgan fingerprint density at radius 2 is 1.96 bits per heavy atom. The lowest BCUT2D eigenvalue weighted by molar-refractivity contribution is -0.127. The van der Waals surface area contributed by atoms with Crippen molar-refractivity contribution in [3.05, 3.63) is 64.7 Å². The molecule has 1 amide bonds. The van der Waals surface area contributed by atoms with Crippen molar-refractivity contribution in [3.8, 4) is 5.75 Å². The number of nitrogens with one attached hydrogen (secondary N) is 1. The molecule has 2 rings (SSSR count). The van der Waals surface area contributed by atoms with E-state index in [0.717, 1.165) is 18.4 Å². The van der Waals surface area contributed by atoms with Crippen molar-refractivity contribution in [1.29, 1.82) is 0 Å². The van der Waals surface area contributed by atoms with E-state index in [9.17, 15) is 4.79 Å². The number of carbonyl (C=O) groups is 1. The first-order valence-corrected chi connectivity index (χ1v) is 8.18. The van der Waals surface area contributed by atoms with Crippen LogP contribution in [0.4, 0.5) is 0 Å². The fourth-order valence-electron chi connectivity index (χ4n) is 2.28. The van der Waals surface area contributed by atoms with Crippen molar-refractivity contribution in [2.75, 3.05) is 6.54 Å². The number of hydrogen-bond donors (Lipinski definition) is 1. The Hall–Kier alpha value is -2.00. The molecule has 1 atom stereocenters. The number of halogens is 1. The molecule has 0 unspecified atom stereocenters. The minimum absolute atomic E-state index is 0.104. The van der Waals surface area contributed by atoms with Crippen LogP contribution < -0.4 is 10.1 Å². The molecule has 122 valence electrons. The van der Waals surface area contributed by atoms with Gasteiger partial charge in [-0.15, -0.1) is 0 Å². The molecule has 0 aliphatic heterocycles. The molecular formula is C19H22ClNO2. The van der Waals surface area contributed by atoms with E-state index < -0.39 is 6.10 Å². The maximum atomic E-state index is 12.1. The second-order valence-electron chi connectivity index (χ2n) is 5.55. The molecule has 0 bridgehead atoms. The van der Waals surface area contributed by atoms with Gasteiger partial charge in [0.15, 0.2) is 6.10 Å². The molecule has 2 aromatic carbocycles. The summed E-state index contributed by atoms with van der Waals surface area (Å²) in [5.41, 5.74) is 2.20. The normalized spacial score (nSPS) is 11.8. The lowest BCUT2D eigenvalue weighted by Crippen LogP contribution is -2.37. The molecule has 0 radical (unpaired) electrons. The van der Waals surface area contributed by atoms with E-state index in [1.807, 2.05) is 31.2 Å². The predicted molar refractivity (Wildman–Crippen MR) is 94.1 cm³/mol. The highest BCUT2D eigenvalue weighted by Gasteiger charge is 2.15. The Bertz CT molecular complexity index is 643. The Morgan fingerprint density at radius 3 is 2.65 bits per heavy atom. The van der Waals surface area contributed by atoms with E-state index in [0.29, 0.717) is 17.3 Å². The van der Waals surface area contributed by atoms with Crippen LogP contribution >= 0.6 is 11.6 Å². The molecule has 0 heterocycles. The van der Waals surface area contributed by atoms with Crippen molar-refractivity contribution >= 4 is 17.5 Å². The minimum Gasteiger partial charge on any atom is -0.481 e. The lowest BCUT2D eigenvalue weighted by atomic mass is 10.1. The Morgan fingerprint density at radius 1 is 1.22 bits per heavy atom. The topological polar surface area (TPSA) is 38.3 Å². The van der Waals surface area contributed by atoms with Crippen molar-refractivity contribution in [1.82, 2.24) is 5.32 Å². The van der Waals surface area contributed by atoms with Crippen molar-refractivity contribution in [2.24, 2.45) is 0 Å².